The molecule has 3 heteroatoms. The third-order valence-corrected chi connectivity index (χ3v) is 2.85. The van der Waals surface area contributed by atoms with Crippen molar-refractivity contribution in [2.24, 2.45) is 0 Å². The molecule has 0 aliphatic rings. The highest BCUT2D eigenvalue weighted by atomic mass is 16.5. The Hall–Kier alpha value is -1.87. The number of para-hydroxylation sites is 1. The van der Waals surface area contributed by atoms with E-state index < -0.39 is 6.10 Å². The lowest BCUT2D eigenvalue weighted by Gasteiger charge is -2.13. The molecule has 0 saturated heterocycles. The molecule has 1 N–H and O–H groups in total. The van der Waals surface area contributed by atoms with Gasteiger partial charge in [-0.2, -0.15) is 0 Å². The molecule has 1 unspecified atom stereocenters. The van der Waals surface area contributed by atoms with Crippen LogP contribution < -0.4 is 4.74 Å². The summed E-state index contributed by atoms with van der Waals surface area (Å²) in [4.78, 5) is 4.28. The predicted octanol–water partition coefficient (Wildman–Crippen LogP) is 3.02. The van der Waals surface area contributed by atoms with Gasteiger partial charge in [-0.15, -0.1) is 0 Å². The first kappa shape index (κ1) is 12.6. The molecule has 1 atom stereocenters. The van der Waals surface area contributed by atoms with Gasteiger partial charge >= 0.3 is 0 Å². The van der Waals surface area contributed by atoms with Crippen molar-refractivity contribution in [3.8, 4) is 5.75 Å². The second kappa shape index (κ2) is 5.65. The number of rotatable bonds is 4. The van der Waals surface area contributed by atoms with Crippen LogP contribution in [0.4, 0.5) is 0 Å². The SMILES string of the molecule is Cc1cccnc1COc1ccccc1C(C)O. The summed E-state index contributed by atoms with van der Waals surface area (Å²) in [5.74, 6) is 0.706. The number of pyridine rings is 1. The zero-order chi connectivity index (χ0) is 13.0. The Bertz CT molecular complexity index is 523. The van der Waals surface area contributed by atoms with Crippen LogP contribution in [0.2, 0.25) is 0 Å². The largest absolute Gasteiger partial charge is 0.487 e. The van der Waals surface area contributed by atoms with E-state index >= 15 is 0 Å². The lowest BCUT2D eigenvalue weighted by molar-refractivity contribution is 0.190. The number of aliphatic hydroxyl groups is 1. The Labute approximate surface area is 107 Å². The van der Waals surface area contributed by atoms with E-state index in [0.29, 0.717) is 12.4 Å². The molecular weight excluding hydrogens is 226 g/mol. The summed E-state index contributed by atoms with van der Waals surface area (Å²) in [5.41, 5.74) is 2.82. The van der Waals surface area contributed by atoms with Gasteiger partial charge in [-0.25, -0.2) is 0 Å². The molecule has 94 valence electrons. The molecule has 0 aliphatic heterocycles. The summed E-state index contributed by atoms with van der Waals surface area (Å²) >= 11 is 0. The molecule has 0 fully saturated rings. The van der Waals surface area contributed by atoms with Crippen molar-refractivity contribution in [1.29, 1.82) is 0 Å². The van der Waals surface area contributed by atoms with Crippen LogP contribution in [-0.4, -0.2) is 10.1 Å². The highest BCUT2D eigenvalue weighted by Gasteiger charge is 2.09. The van der Waals surface area contributed by atoms with Gasteiger partial charge in [-0.05, 0) is 31.5 Å². The standard InChI is InChI=1S/C15H17NO2/c1-11-6-5-9-16-14(11)10-18-15-8-4-3-7-13(15)12(2)17/h3-9,12,17H,10H2,1-2H3. The minimum absolute atomic E-state index is 0.413. The number of hydrogen-bond donors (Lipinski definition) is 1. The lowest BCUT2D eigenvalue weighted by Crippen LogP contribution is -2.03. The van der Waals surface area contributed by atoms with Crippen molar-refractivity contribution >= 4 is 0 Å². The van der Waals surface area contributed by atoms with Gasteiger partial charge in [0.25, 0.3) is 0 Å². The van der Waals surface area contributed by atoms with Crippen LogP contribution in [-0.2, 0) is 6.61 Å². The number of aromatic nitrogens is 1. The summed E-state index contributed by atoms with van der Waals surface area (Å²) in [6.45, 7) is 4.15. The molecule has 1 aromatic heterocycles. The van der Waals surface area contributed by atoms with Crippen LogP contribution in [0.1, 0.15) is 29.8 Å². The molecule has 0 aliphatic carbocycles. The van der Waals surface area contributed by atoms with Crippen molar-refractivity contribution in [1.82, 2.24) is 4.98 Å². The monoisotopic (exact) mass is 243 g/mol. The fraction of sp³-hybridized carbons (Fsp3) is 0.267. The first-order chi connectivity index (χ1) is 8.68. The Morgan fingerprint density at radius 2 is 2.00 bits per heavy atom. The lowest BCUT2D eigenvalue weighted by atomic mass is 10.1. The first-order valence-electron chi connectivity index (χ1n) is 5.99. The second-order valence-corrected chi connectivity index (χ2v) is 4.27. The molecule has 0 spiro atoms. The smallest absolute Gasteiger partial charge is 0.130 e. The molecule has 2 rings (SSSR count). The number of benzene rings is 1. The topological polar surface area (TPSA) is 42.4 Å². The third-order valence-electron chi connectivity index (χ3n) is 2.85. The molecule has 3 nitrogen and oxygen atoms in total. The van der Waals surface area contributed by atoms with E-state index in [1.807, 2.05) is 43.3 Å². The van der Waals surface area contributed by atoms with Crippen molar-refractivity contribution < 1.29 is 9.84 Å². The molecule has 2 aromatic rings. The summed E-state index contributed by atoms with van der Waals surface area (Å²) in [6, 6.07) is 11.4. The number of aliphatic hydroxyl groups excluding tert-OH is 1. The maximum atomic E-state index is 9.66. The van der Waals surface area contributed by atoms with E-state index in [1.54, 1.807) is 13.1 Å². The van der Waals surface area contributed by atoms with Crippen LogP contribution in [0.15, 0.2) is 42.6 Å². The average Bonchev–Trinajstić information content (AvgIpc) is 2.38. The van der Waals surface area contributed by atoms with Gasteiger partial charge in [0.1, 0.15) is 12.4 Å². The Kier molecular flexibility index (Phi) is 3.95. The van der Waals surface area contributed by atoms with Gasteiger partial charge in [0, 0.05) is 11.8 Å². The van der Waals surface area contributed by atoms with Crippen LogP contribution >= 0.6 is 0 Å². The average molecular weight is 243 g/mol. The third kappa shape index (κ3) is 2.87. The molecule has 0 bridgehead atoms. The van der Waals surface area contributed by atoms with Gasteiger partial charge in [0.05, 0.1) is 11.8 Å². The molecular formula is C15H17NO2. The normalized spacial score (nSPS) is 12.2. The Morgan fingerprint density at radius 1 is 1.22 bits per heavy atom. The number of ether oxygens (including phenoxy) is 1. The molecule has 18 heavy (non-hydrogen) atoms. The highest BCUT2D eigenvalue weighted by molar-refractivity contribution is 5.35. The van der Waals surface area contributed by atoms with Gasteiger partial charge in [0.2, 0.25) is 0 Å². The van der Waals surface area contributed by atoms with Gasteiger partial charge < -0.3 is 9.84 Å². The van der Waals surface area contributed by atoms with Crippen molar-refractivity contribution in [2.45, 2.75) is 26.6 Å². The quantitative estimate of drug-likeness (QED) is 0.897. The number of aryl methyl sites for hydroxylation is 1. The van der Waals surface area contributed by atoms with E-state index in [-0.39, 0.29) is 0 Å². The van der Waals surface area contributed by atoms with Crippen molar-refractivity contribution in [3.05, 3.63) is 59.4 Å². The molecule has 1 heterocycles. The second-order valence-electron chi connectivity index (χ2n) is 4.27. The highest BCUT2D eigenvalue weighted by Crippen LogP contribution is 2.25. The Balaban J connectivity index is 2.14. The van der Waals surface area contributed by atoms with E-state index in [0.717, 1.165) is 16.8 Å². The number of nitrogens with zero attached hydrogens (tertiary/aromatic N) is 1. The van der Waals surface area contributed by atoms with E-state index in [2.05, 4.69) is 4.98 Å². The maximum absolute atomic E-state index is 9.66. The molecule has 0 saturated carbocycles. The van der Waals surface area contributed by atoms with Gasteiger partial charge in [0.15, 0.2) is 0 Å². The minimum Gasteiger partial charge on any atom is -0.487 e. The summed E-state index contributed by atoms with van der Waals surface area (Å²) in [7, 11) is 0. The molecule has 0 amide bonds. The predicted molar refractivity (Wildman–Crippen MR) is 70.4 cm³/mol. The van der Waals surface area contributed by atoms with Crippen LogP contribution in [0.25, 0.3) is 0 Å². The van der Waals surface area contributed by atoms with E-state index in [9.17, 15) is 5.11 Å². The van der Waals surface area contributed by atoms with Crippen LogP contribution in [0, 0.1) is 6.92 Å². The molecule has 0 radical (unpaired) electrons. The van der Waals surface area contributed by atoms with Gasteiger partial charge in [-0.3, -0.25) is 4.98 Å². The van der Waals surface area contributed by atoms with E-state index in [1.165, 1.54) is 0 Å². The van der Waals surface area contributed by atoms with E-state index in [4.69, 9.17) is 4.74 Å². The van der Waals surface area contributed by atoms with Crippen LogP contribution in [0.3, 0.4) is 0 Å². The summed E-state index contributed by atoms with van der Waals surface area (Å²) < 4.78 is 5.74. The summed E-state index contributed by atoms with van der Waals surface area (Å²) in [6.07, 6.45) is 1.22. The zero-order valence-corrected chi connectivity index (χ0v) is 10.6. The maximum Gasteiger partial charge on any atom is 0.130 e. The van der Waals surface area contributed by atoms with Gasteiger partial charge in [-0.1, -0.05) is 24.3 Å². The Morgan fingerprint density at radius 3 is 2.72 bits per heavy atom. The van der Waals surface area contributed by atoms with Crippen LogP contribution in [0.5, 0.6) is 5.75 Å². The van der Waals surface area contributed by atoms with Crippen molar-refractivity contribution in [3.63, 3.8) is 0 Å². The fourth-order valence-electron chi connectivity index (χ4n) is 1.77. The number of hydrogen-bond acceptors (Lipinski definition) is 3. The minimum atomic E-state index is -0.536. The van der Waals surface area contributed by atoms with Crippen molar-refractivity contribution in [2.75, 3.05) is 0 Å². The fourth-order valence-corrected chi connectivity index (χ4v) is 1.77. The molecule has 1 aromatic carbocycles. The first-order valence-corrected chi connectivity index (χ1v) is 5.99. The zero-order valence-electron chi connectivity index (χ0n) is 10.6. The summed E-state index contributed by atoms with van der Waals surface area (Å²) in [5, 5.41) is 9.66.